The molecule has 0 radical (unpaired) electrons. The molecule has 1 aromatic heterocycles. The molecule has 3 N–H and O–H groups in total. The van der Waals surface area contributed by atoms with E-state index < -0.39 is 10.0 Å². The number of nitrogen functional groups attached to an aromatic ring is 1. The average molecular weight is 348 g/mol. The van der Waals surface area contributed by atoms with E-state index in [4.69, 9.17) is 5.73 Å². The Hall–Kier alpha value is -1.12. The Kier molecular flexibility index (Phi) is 3.60. The van der Waals surface area contributed by atoms with Crippen LogP contribution >= 0.6 is 27.3 Å². The maximum Gasteiger partial charge on any atom is 0.265 e. The monoisotopic (exact) mass is 347 g/mol. The minimum Gasteiger partial charge on any atom is -0.398 e. The van der Waals surface area contributed by atoms with E-state index in [2.05, 4.69) is 25.6 Å². The van der Waals surface area contributed by atoms with Gasteiger partial charge in [-0.25, -0.2) is 13.4 Å². The fourth-order valence-corrected chi connectivity index (χ4v) is 4.22. The van der Waals surface area contributed by atoms with Crippen LogP contribution in [0.2, 0.25) is 0 Å². The molecule has 0 fully saturated rings. The van der Waals surface area contributed by atoms with Crippen molar-refractivity contribution in [3.63, 3.8) is 0 Å². The summed E-state index contributed by atoms with van der Waals surface area (Å²) < 4.78 is 27.6. The zero-order chi connectivity index (χ0) is 13.3. The summed E-state index contributed by atoms with van der Waals surface area (Å²) in [6.45, 7) is 1.70. The number of rotatable bonds is 3. The van der Waals surface area contributed by atoms with Crippen LogP contribution in [-0.2, 0) is 10.0 Å². The van der Waals surface area contributed by atoms with Gasteiger partial charge in [0.05, 0.1) is 15.7 Å². The first-order chi connectivity index (χ1) is 8.40. The number of aryl methyl sites for hydroxylation is 1. The highest BCUT2D eigenvalue weighted by Crippen LogP contribution is 2.28. The van der Waals surface area contributed by atoms with Gasteiger partial charge in [0.1, 0.15) is 4.90 Å². The Labute approximate surface area is 117 Å². The first-order valence-electron chi connectivity index (χ1n) is 4.89. The molecule has 2 rings (SSSR count). The van der Waals surface area contributed by atoms with Gasteiger partial charge in [0.2, 0.25) is 0 Å². The highest BCUT2D eigenvalue weighted by Gasteiger charge is 2.21. The van der Waals surface area contributed by atoms with E-state index in [1.807, 2.05) is 0 Å². The number of hydrogen-bond acceptors (Lipinski definition) is 5. The number of thiazole rings is 1. The zero-order valence-electron chi connectivity index (χ0n) is 9.34. The van der Waals surface area contributed by atoms with E-state index in [-0.39, 0.29) is 10.6 Å². The molecule has 96 valence electrons. The predicted molar refractivity (Wildman–Crippen MR) is 76.2 cm³/mol. The number of aromatic nitrogens is 1. The fraction of sp³-hybridized carbons (Fsp3) is 0.100. The van der Waals surface area contributed by atoms with Crippen LogP contribution in [0, 0.1) is 6.92 Å². The van der Waals surface area contributed by atoms with Crippen LogP contribution in [0.15, 0.2) is 33.1 Å². The van der Waals surface area contributed by atoms with Crippen molar-refractivity contribution in [3.05, 3.63) is 33.7 Å². The second-order valence-electron chi connectivity index (χ2n) is 3.57. The Morgan fingerprint density at radius 2 is 2.17 bits per heavy atom. The number of halogens is 1. The third-order valence-electron chi connectivity index (χ3n) is 2.21. The standard InChI is InChI=1S/C10H10BrN3O2S2/c1-6-3-2-4-7(12)9(6)18(15,16)14-10-13-5-8(11)17-10/h2-5H,12H2,1H3,(H,13,14). The lowest BCUT2D eigenvalue weighted by Gasteiger charge is -2.10. The normalized spacial score (nSPS) is 11.4. The molecule has 0 aliphatic carbocycles. The third kappa shape index (κ3) is 2.65. The summed E-state index contributed by atoms with van der Waals surface area (Å²) in [7, 11) is -3.71. The minimum absolute atomic E-state index is 0.0938. The molecular weight excluding hydrogens is 338 g/mol. The van der Waals surface area contributed by atoms with Crippen LogP contribution in [0.1, 0.15) is 5.56 Å². The van der Waals surface area contributed by atoms with Crippen LogP contribution < -0.4 is 10.5 Å². The molecule has 0 atom stereocenters. The number of anilines is 2. The molecule has 18 heavy (non-hydrogen) atoms. The van der Waals surface area contributed by atoms with Gasteiger partial charge in [-0.15, -0.1) is 0 Å². The summed E-state index contributed by atoms with van der Waals surface area (Å²) in [6.07, 6.45) is 1.53. The molecule has 1 aromatic carbocycles. The molecule has 1 heterocycles. The largest absolute Gasteiger partial charge is 0.398 e. The van der Waals surface area contributed by atoms with Gasteiger partial charge in [-0.3, -0.25) is 4.72 Å². The average Bonchev–Trinajstić information content (AvgIpc) is 2.62. The lowest BCUT2D eigenvalue weighted by Crippen LogP contribution is -2.16. The van der Waals surface area contributed by atoms with Gasteiger partial charge in [-0.05, 0) is 34.5 Å². The van der Waals surface area contributed by atoms with Crippen LogP contribution in [0.5, 0.6) is 0 Å². The lowest BCUT2D eigenvalue weighted by molar-refractivity contribution is 0.601. The quantitative estimate of drug-likeness (QED) is 0.835. The molecule has 0 aliphatic rings. The summed E-state index contributed by atoms with van der Waals surface area (Å²) in [5, 5.41) is 0.296. The molecule has 2 aromatic rings. The highest BCUT2D eigenvalue weighted by molar-refractivity contribution is 9.11. The number of hydrogen-bond donors (Lipinski definition) is 2. The minimum atomic E-state index is -3.71. The van der Waals surface area contributed by atoms with Gasteiger partial charge in [0.15, 0.2) is 5.13 Å². The van der Waals surface area contributed by atoms with Gasteiger partial charge in [0.25, 0.3) is 10.0 Å². The summed E-state index contributed by atoms with van der Waals surface area (Å²) in [6, 6.07) is 4.96. The number of nitrogens with two attached hydrogens (primary N) is 1. The van der Waals surface area contributed by atoms with Gasteiger partial charge >= 0.3 is 0 Å². The van der Waals surface area contributed by atoms with Crippen molar-refractivity contribution in [2.45, 2.75) is 11.8 Å². The fourth-order valence-electron chi connectivity index (χ4n) is 1.51. The van der Waals surface area contributed by atoms with Crippen molar-refractivity contribution >= 4 is 48.1 Å². The van der Waals surface area contributed by atoms with E-state index in [1.165, 1.54) is 17.5 Å². The highest BCUT2D eigenvalue weighted by atomic mass is 79.9. The first kappa shape index (κ1) is 13.3. The van der Waals surface area contributed by atoms with Crippen molar-refractivity contribution in [1.82, 2.24) is 4.98 Å². The molecular formula is C10H10BrN3O2S2. The molecule has 0 bridgehead atoms. The molecule has 0 saturated heterocycles. The van der Waals surface area contributed by atoms with Gasteiger partial charge < -0.3 is 5.73 Å². The lowest BCUT2D eigenvalue weighted by atomic mass is 10.2. The molecule has 0 saturated carbocycles. The first-order valence-corrected chi connectivity index (χ1v) is 7.98. The van der Waals surface area contributed by atoms with Crippen molar-refractivity contribution in [2.75, 3.05) is 10.5 Å². The molecule has 5 nitrogen and oxygen atoms in total. The van der Waals surface area contributed by atoms with Gasteiger partial charge in [-0.1, -0.05) is 23.5 Å². The smallest absolute Gasteiger partial charge is 0.265 e. The maximum atomic E-state index is 12.2. The molecule has 8 heteroatoms. The summed E-state index contributed by atoms with van der Waals surface area (Å²) in [5.41, 5.74) is 6.54. The zero-order valence-corrected chi connectivity index (χ0v) is 12.6. The van der Waals surface area contributed by atoms with Gasteiger partial charge in [0, 0.05) is 0 Å². The van der Waals surface area contributed by atoms with E-state index in [0.717, 1.165) is 3.79 Å². The van der Waals surface area contributed by atoms with E-state index >= 15 is 0 Å². The van der Waals surface area contributed by atoms with E-state index in [9.17, 15) is 8.42 Å². The topological polar surface area (TPSA) is 85.1 Å². The SMILES string of the molecule is Cc1cccc(N)c1S(=O)(=O)Nc1ncc(Br)s1. The molecule has 0 aliphatic heterocycles. The molecule has 0 unspecified atom stereocenters. The number of nitrogens with zero attached hydrogens (tertiary/aromatic N) is 1. The molecule has 0 amide bonds. The summed E-state index contributed by atoms with van der Waals surface area (Å²) in [5.74, 6) is 0. The Balaban J connectivity index is 2.43. The van der Waals surface area contributed by atoms with E-state index in [0.29, 0.717) is 10.7 Å². The number of benzene rings is 1. The Morgan fingerprint density at radius 1 is 1.44 bits per heavy atom. The maximum absolute atomic E-state index is 12.2. The van der Waals surface area contributed by atoms with Crippen LogP contribution in [-0.4, -0.2) is 13.4 Å². The Bertz CT molecular complexity index is 662. The van der Waals surface area contributed by atoms with Crippen LogP contribution in [0.3, 0.4) is 0 Å². The van der Waals surface area contributed by atoms with Crippen molar-refractivity contribution in [1.29, 1.82) is 0 Å². The third-order valence-corrected chi connectivity index (χ3v) is 5.29. The van der Waals surface area contributed by atoms with Crippen LogP contribution in [0.4, 0.5) is 10.8 Å². The molecule has 0 spiro atoms. The van der Waals surface area contributed by atoms with Crippen molar-refractivity contribution in [3.8, 4) is 0 Å². The van der Waals surface area contributed by atoms with Crippen LogP contribution in [0.25, 0.3) is 0 Å². The number of sulfonamides is 1. The van der Waals surface area contributed by atoms with E-state index in [1.54, 1.807) is 25.1 Å². The second-order valence-corrected chi connectivity index (χ2v) is 7.60. The second kappa shape index (κ2) is 4.87. The Morgan fingerprint density at radius 3 is 2.72 bits per heavy atom. The summed E-state index contributed by atoms with van der Waals surface area (Å²) >= 11 is 4.42. The predicted octanol–water partition coefficient (Wildman–Crippen LogP) is 2.60. The van der Waals surface area contributed by atoms with Gasteiger partial charge in [-0.2, -0.15) is 0 Å². The van der Waals surface area contributed by atoms with Crippen molar-refractivity contribution < 1.29 is 8.42 Å². The summed E-state index contributed by atoms with van der Waals surface area (Å²) in [4.78, 5) is 4.02. The van der Waals surface area contributed by atoms with Crippen molar-refractivity contribution in [2.24, 2.45) is 0 Å². The number of nitrogens with one attached hydrogen (secondary N) is 1.